The van der Waals surface area contributed by atoms with Crippen LogP contribution in [-0.4, -0.2) is 75.1 Å². The SMILES string of the molecule is COc1cccc(OC)c1-c1cnc(C[C@H](Nc2nc(N(C)C)ncc2-c2c(C)nn(C)c2C)C(=O)O)cn1. The van der Waals surface area contributed by atoms with Gasteiger partial charge in [-0.25, -0.2) is 9.78 Å². The fourth-order valence-corrected chi connectivity index (χ4v) is 4.31. The van der Waals surface area contributed by atoms with Crippen LogP contribution in [0.3, 0.4) is 0 Å². The number of nitrogens with one attached hydrogen (secondary N) is 1. The van der Waals surface area contributed by atoms with E-state index in [0.717, 1.165) is 17.0 Å². The molecule has 204 valence electrons. The fourth-order valence-electron chi connectivity index (χ4n) is 4.31. The molecule has 4 rings (SSSR count). The fraction of sp³-hybridized carbons (Fsp3) is 0.333. The molecule has 0 bridgehead atoms. The van der Waals surface area contributed by atoms with E-state index in [1.54, 1.807) is 42.4 Å². The first-order valence-electron chi connectivity index (χ1n) is 12.2. The van der Waals surface area contributed by atoms with Crippen molar-refractivity contribution in [3.63, 3.8) is 0 Å². The van der Waals surface area contributed by atoms with Crippen LogP contribution in [0.4, 0.5) is 11.8 Å². The maximum atomic E-state index is 12.4. The number of rotatable bonds is 10. The van der Waals surface area contributed by atoms with Gasteiger partial charge in [-0.05, 0) is 26.0 Å². The second-order valence-corrected chi connectivity index (χ2v) is 9.17. The predicted molar refractivity (Wildman–Crippen MR) is 147 cm³/mol. The number of hydrogen-bond donors (Lipinski definition) is 2. The molecular weight excluding hydrogens is 500 g/mol. The van der Waals surface area contributed by atoms with Gasteiger partial charge in [-0.15, -0.1) is 0 Å². The molecule has 39 heavy (non-hydrogen) atoms. The third-order valence-corrected chi connectivity index (χ3v) is 6.37. The lowest BCUT2D eigenvalue weighted by atomic mass is 10.0. The Morgan fingerprint density at radius 1 is 1.05 bits per heavy atom. The minimum Gasteiger partial charge on any atom is -0.496 e. The van der Waals surface area contributed by atoms with E-state index in [2.05, 4.69) is 30.4 Å². The summed E-state index contributed by atoms with van der Waals surface area (Å²) in [5.41, 5.74) is 4.92. The average Bonchev–Trinajstić information content (AvgIpc) is 3.18. The van der Waals surface area contributed by atoms with E-state index in [9.17, 15) is 9.90 Å². The van der Waals surface area contributed by atoms with Crippen LogP contribution in [0, 0.1) is 13.8 Å². The summed E-state index contributed by atoms with van der Waals surface area (Å²) in [5.74, 6) is 0.969. The maximum Gasteiger partial charge on any atom is 0.326 e. The topological polar surface area (TPSA) is 140 Å². The molecule has 0 saturated heterocycles. The third-order valence-electron chi connectivity index (χ3n) is 6.37. The number of nitrogens with zero attached hydrogens (tertiary/aromatic N) is 7. The number of benzene rings is 1. The van der Waals surface area contributed by atoms with Crippen LogP contribution in [0.25, 0.3) is 22.4 Å². The molecule has 0 aliphatic heterocycles. The van der Waals surface area contributed by atoms with E-state index in [1.807, 2.05) is 53.2 Å². The van der Waals surface area contributed by atoms with Crippen molar-refractivity contribution in [2.45, 2.75) is 26.3 Å². The molecule has 2 N–H and O–H groups in total. The molecule has 0 fully saturated rings. The van der Waals surface area contributed by atoms with Crippen molar-refractivity contribution < 1.29 is 19.4 Å². The van der Waals surface area contributed by atoms with E-state index in [4.69, 9.17) is 9.47 Å². The molecule has 0 unspecified atom stereocenters. The highest BCUT2D eigenvalue weighted by molar-refractivity contribution is 5.83. The number of hydrogen-bond acceptors (Lipinski definition) is 10. The van der Waals surface area contributed by atoms with Gasteiger partial charge in [-0.1, -0.05) is 6.07 Å². The zero-order valence-corrected chi connectivity index (χ0v) is 23.1. The summed E-state index contributed by atoms with van der Waals surface area (Å²) in [6.45, 7) is 3.84. The molecule has 0 amide bonds. The summed E-state index contributed by atoms with van der Waals surface area (Å²) < 4.78 is 12.7. The van der Waals surface area contributed by atoms with Gasteiger partial charge < -0.3 is 24.8 Å². The predicted octanol–water partition coefficient (Wildman–Crippen LogP) is 3.14. The van der Waals surface area contributed by atoms with E-state index in [0.29, 0.717) is 45.8 Å². The normalized spacial score (nSPS) is 11.7. The summed E-state index contributed by atoms with van der Waals surface area (Å²) in [5, 5.41) is 17.7. The molecule has 1 atom stereocenters. The molecule has 12 nitrogen and oxygen atoms in total. The lowest BCUT2D eigenvalue weighted by Crippen LogP contribution is -2.33. The molecule has 0 spiro atoms. The first-order valence-corrected chi connectivity index (χ1v) is 12.2. The van der Waals surface area contributed by atoms with Gasteiger partial charge >= 0.3 is 5.97 Å². The number of aliphatic carboxylic acids is 1. The van der Waals surface area contributed by atoms with Crippen molar-refractivity contribution in [3.8, 4) is 33.9 Å². The highest BCUT2D eigenvalue weighted by atomic mass is 16.5. The molecule has 0 radical (unpaired) electrons. The molecule has 0 aliphatic rings. The molecule has 3 heterocycles. The van der Waals surface area contributed by atoms with Crippen molar-refractivity contribution >= 4 is 17.7 Å². The highest BCUT2D eigenvalue weighted by Gasteiger charge is 2.25. The first-order chi connectivity index (χ1) is 18.6. The Morgan fingerprint density at radius 2 is 1.74 bits per heavy atom. The molecule has 12 heteroatoms. The van der Waals surface area contributed by atoms with Gasteiger partial charge in [0.15, 0.2) is 0 Å². The standard InChI is InChI=1S/C27H32N8O4/c1-15-23(16(2)35(5)33-15)18-13-30-27(34(3)4)32-25(18)31-19(26(36)37)11-17-12-29-20(14-28-17)24-21(38-6)9-8-10-22(24)39-7/h8-10,12-14,19H,11H2,1-7H3,(H,36,37)(H,30,31,32)/t19-/m0/s1. The molecule has 0 aliphatic carbocycles. The number of carbonyl (C=O) groups is 1. The number of ether oxygens (including phenoxy) is 2. The van der Waals surface area contributed by atoms with Crippen LogP contribution < -0.4 is 19.7 Å². The van der Waals surface area contributed by atoms with Crippen molar-refractivity contribution in [2.75, 3.05) is 38.5 Å². The lowest BCUT2D eigenvalue weighted by molar-refractivity contribution is -0.137. The highest BCUT2D eigenvalue weighted by Crippen LogP contribution is 2.37. The summed E-state index contributed by atoms with van der Waals surface area (Å²) in [6.07, 6.45) is 4.89. The van der Waals surface area contributed by atoms with Gasteiger partial charge in [0.25, 0.3) is 0 Å². The molecule has 3 aromatic heterocycles. The van der Waals surface area contributed by atoms with Crippen LogP contribution >= 0.6 is 0 Å². The zero-order valence-electron chi connectivity index (χ0n) is 23.1. The molecule has 4 aromatic rings. The number of carboxylic acid groups (broad SMARTS) is 1. The summed E-state index contributed by atoms with van der Waals surface area (Å²) >= 11 is 0. The van der Waals surface area contributed by atoms with E-state index >= 15 is 0 Å². The zero-order chi connectivity index (χ0) is 28.3. The number of carboxylic acids is 1. The number of anilines is 2. The smallest absolute Gasteiger partial charge is 0.326 e. The van der Waals surface area contributed by atoms with E-state index in [1.165, 1.54) is 0 Å². The average molecular weight is 533 g/mol. The Hall–Kier alpha value is -4.74. The lowest BCUT2D eigenvalue weighted by Gasteiger charge is -2.20. The monoisotopic (exact) mass is 532 g/mol. The number of aryl methyl sites for hydroxylation is 2. The molecule has 0 saturated carbocycles. The van der Waals surface area contributed by atoms with Crippen LogP contribution in [0.5, 0.6) is 11.5 Å². The second-order valence-electron chi connectivity index (χ2n) is 9.17. The van der Waals surface area contributed by atoms with Gasteiger partial charge in [0.1, 0.15) is 23.4 Å². The molecule has 1 aromatic carbocycles. The Labute approximate surface area is 226 Å². The Bertz CT molecular complexity index is 1460. The van der Waals surface area contributed by atoms with Crippen LogP contribution in [0.2, 0.25) is 0 Å². The number of methoxy groups -OCH3 is 2. The van der Waals surface area contributed by atoms with E-state index < -0.39 is 12.0 Å². The molecular formula is C27H32N8O4. The van der Waals surface area contributed by atoms with Gasteiger partial charge in [0.2, 0.25) is 5.95 Å². The first kappa shape index (κ1) is 27.3. The van der Waals surface area contributed by atoms with Gasteiger partial charge in [0.05, 0.1) is 43.1 Å². The Morgan fingerprint density at radius 3 is 2.26 bits per heavy atom. The van der Waals surface area contributed by atoms with Crippen molar-refractivity contribution in [1.82, 2.24) is 29.7 Å². The van der Waals surface area contributed by atoms with Crippen LogP contribution in [-0.2, 0) is 18.3 Å². The van der Waals surface area contributed by atoms with Crippen molar-refractivity contribution in [2.24, 2.45) is 7.05 Å². The number of aromatic nitrogens is 6. The maximum absolute atomic E-state index is 12.4. The summed E-state index contributed by atoms with van der Waals surface area (Å²) in [7, 11) is 8.64. The van der Waals surface area contributed by atoms with Gasteiger partial charge in [0, 0.05) is 56.8 Å². The van der Waals surface area contributed by atoms with Gasteiger partial charge in [-0.2, -0.15) is 10.1 Å². The minimum atomic E-state index is -1.05. The quantitative estimate of drug-likeness (QED) is 0.311. The summed E-state index contributed by atoms with van der Waals surface area (Å²) in [6, 6.07) is 4.41. The van der Waals surface area contributed by atoms with Crippen molar-refractivity contribution in [3.05, 3.63) is 53.9 Å². The minimum absolute atomic E-state index is 0.0669. The Kier molecular flexibility index (Phi) is 7.93. The second kappa shape index (κ2) is 11.3. The van der Waals surface area contributed by atoms with Crippen molar-refractivity contribution in [1.29, 1.82) is 0 Å². The van der Waals surface area contributed by atoms with E-state index in [-0.39, 0.29) is 6.42 Å². The van der Waals surface area contributed by atoms with Crippen LogP contribution in [0.15, 0.2) is 36.8 Å². The largest absolute Gasteiger partial charge is 0.496 e. The third kappa shape index (κ3) is 5.59. The van der Waals surface area contributed by atoms with Gasteiger partial charge in [-0.3, -0.25) is 14.6 Å². The Balaban J connectivity index is 1.67. The summed E-state index contributed by atoms with van der Waals surface area (Å²) in [4.78, 5) is 32.2. The van der Waals surface area contributed by atoms with Crippen LogP contribution in [0.1, 0.15) is 17.1 Å².